The fourth-order valence-electron chi connectivity index (χ4n) is 2.56. The summed E-state index contributed by atoms with van der Waals surface area (Å²) >= 11 is 1.26. The Balaban J connectivity index is 2.00. The molecule has 0 atom stereocenters. The third kappa shape index (κ3) is 4.01. The van der Waals surface area contributed by atoms with Gasteiger partial charge in [0.05, 0.1) is 31.0 Å². The molecular formula is C20H19N3O4S. The molecule has 0 radical (unpaired) electrons. The molecule has 1 aliphatic heterocycles. The number of hydrogen-bond acceptors (Lipinski definition) is 7. The Hall–Kier alpha value is -3.26. The SMILES string of the molecule is C=CCN1C(=O)/C(=C/c2cc(OC)c(O)c(OC)c2)SC1=Nc1cccnc1. The second-order valence-electron chi connectivity index (χ2n) is 5.69. The number of amides is 1. The van der Waals surface area contributed by atoms with Crippen LogP contribution in [0.4, 0.5) is 5.69 Å². The number of aromatic nitrogens is 1. The van der Waals surface area contributed by atoms with E-state index in [1.807, 2.05) is 6.07 Å². The molecule has 0 spiro atoms. The maximum Gasteiger partial charge on any atom is 0.267 e. The molecule has 0 bridgehead atoms. The largest absolute Gasteiger partial charge is 0.502 e. The van der Waals surface area contributed by atoms with Crippen LogP contribution in [0.25, 0.3) is 6.08 Å². The maximum atomic E-state index is 12.9. The summed E-state index contributed by atoms with van der Waals surface area (Å²) < 4.78 is 10.3. The minimum atomic E-state index is -0.182. The van der Waals surface area contributed by atoms with Crippen molar-refractivity contribution in [3.63, 3.8) is 0 Å². The molecule has 1 fully saturated rings. The number of hydrogen-bond donors (Lipinski definition) is 1. The summed E-state index contributed by atoms with van der Waals surface area (Å²) in [6, 6.07) is 6.86. The number of phenols is 1. The summed E-state index contributed by atoms with van der Waals surface area (Å²) in [5, 5.41) is 10.6. The van der Waals surface area contributed by atoms with Crippen molar-refractivity contribution in [3.05, 3.63) is 59.8 Å². The van der Waals surface area contributed by atoms with Crippen molar-refractivity contribution >= 4 is 34.6 Å². The van der Waals surface area contributed by atoms with Gasteiger partial charge >= 0.3 is 0 Å². The van der Waals surface area contributed by atoms with Gasteiger partial charge in [0.2, 0.25) is 5.75 Å². The monoisotopic (exact) mass is 397 g/mol. The van der Waals surface area contributed by atoms with Gasteiger partial charge in [-0.15, -0.1) is 6.58 Å². The number of aliphatic imine (C=N–C) groups is 1. The zero-order chi connectivity index (χ0) is 20.1. The molecule has 0 aliphatic carbocycles. The van der Waals surface area contributed by atoms with Gasteiger partial charge in [-0.3, -0.25) is 14.7 Å². The number of nitrogens with zero attached hydrogens (tertiary/aromatic N) is 3. The third-order valence-corrected chi connectivity index (χ3v) is 4.88. The van der Waals surface area contributed by atoms with Crippen LogP contribution in [-0.4, -0.2) is 46.8 Å². The molecule has 1 N–H and O–H groups in total. The molecule has 2 aromatic rings. The normalized spacial score (nSPS) is 16.6. The van der Waals surface area contributed by atoms with E-state index in [0.717, 1.165) is 0 Å². The van der Waals surface area contributed by atoms with Crippen LogP contribution >= 0.6 is 11.8 Å². The van der Waals surface area contributed by atoms with Crippen molar-refractivity contribution in [1.29, 1.82) is 0 Å². The average molecular weight is 397 g/mol. The van der Waals surface area contributed by atoms with Gasteiger partial charge in [-0.1, -0.05) is 6.08 Å². The number of carbonyl (C=O) groups excluding carboxylic acids is 1. The quantitative estimate of drug-likeness (QED) is 0.592. The maximum absolute atomic E-state index is 12.9. The van der Waals surface area contributed by atoms with Crippen LogP contribution in [0.15, 0.2) is 59.2 Å². The van der Waals surface area contributed by atoms with Gasteiger partial charge in [0, 0.05) is 12.7 Å². The second-order valence-corrected chi connectivity index (χ2v) is 6.70. The molecule has 1 saturated heterocycles. The summed E-state index contributed by atoms with van der Waals surface area (Å²) in [6.45, 7) is 4.05. The summed E-state index contributed by atoms with van der Waals surface area (Å²) in [5.74, 6) is 0.242. The molecule has 1 aliphatic rings. The Bertz CT molecular complexity index is 932. The first-order chi connectivity index (χ1) is 13.6. The second kappa shape index (κ2) is 8.62. The van der Waals surface area contributed by atoms with E-state index < -0.39 is 0 Å². The fourth-order valence-corrected chi connectivity index (χ4v) is 3.57. The Morgan fingerprint density at radius 1 is 1.32 bits per heavy atom. The lowest BCUT2D eigenvalue weighted by Gasteiger charge is -2.12. The molecule has 8 heteroatoms. The predicted molar refractivity (Wildman–Crippen MR) is 110 cm³/mol. The van der Waals surface area contributed by atoms with Crippen LogP contribution in [0.5, 0.6) is 17.2 Å². The molecule has 1 amide bonds. The van der Waals surface area contributed by atoms with Crippen molar-refractivity contribution in [2.75, 3.05) is 20.8 Å². The highest BCUT2D eigenvalue weighted by molar-refractivity contribution is 8.18. The van der Waals surface area contributed by atoms with E-state index in [-0.39, 0.29) is 23.2 Å². The van der Waals surface area contributed by atoms with E-state index >= 15 is 0 Å². The third-order valence-electron chi connectivity index (χ3n) is 3.87. The first-order valence-corrected chi connectivity index (χ1v) is 9.15. The smallest absolute Gasteiger partial charge is 0.267 e. The van der Waals surface area contributed by atoms with E-state index in [0.29, 0.717) is 27.9 Å². The minimum Gasteiger partial charge on any atom is -0.502 e. The van der Waals surface area contributed by atoms with Crippen LogP contribution < -0.4 is 9.47 Å². The number of amidine groups is 1. The van der Waals surface area contributed by atoms with Gasteiger partial charge in [-0.25, -0.2) is 4.99 Å². The molecule has 7 nitrogen and oxygen atoms in total. The first-order valence-electron chi connectivity index (χ1n) is 8.33. The van der Waals surface area contributed by atoms with E-state index in [9.17, 15) is 9.90 Å². The van der Waals surface area contributed by atoms with Crippen LogP contribution in [0.1, 0.15) is 5.56 Å². The molecular weight excluding hydrogens is 378 g/mol. The van der Waals surface area contributed by atoms with E-state index in [1.165, 1.54) is 26.0 Å². The molecule has 0 saturated carbocycles. The minimum absolute atomic E-state index is 0.0929. The number of thioether (sulfide) groups is 1. The van der Waals surface area contributed by atoms with Crippen molar-refractivity contribution in [2.45, 2.75) is 0 Å². The molecule has 3 rings (SSSR count). The standard InChI is InChI=1S/C20H19N3O4S/c1-4-8-23-19(25)17(28-20(23)22-14-6-5-7-21-12-14)11-13-9-15(26-2)18(24)16(10-13)27-3/h4-7,9-12,24H,1,8H2,2-3H3/b17-11-,22-20?. The fraction of sp³-hybridized carbons (Fsp3) is 0.150. The number of carbonyl (C=O) groups is 1. The zero-order valence-corrected chi connectivity index (χ0v) is 16.3. The Morgan fingerprint density at radius 3 is 2.61 bits per heavy atom. The number of benzene rings is 1. The van der Waals surface area contributed by atoms with Gasteiger partial charge in [0.25, 0.3) is 5.91 Å². The van der Waals surface area contributed by atoms with E-state index in [1.54, 1.807) is 47.6 Å². The summed E-state index contributed by atoms with van der Waals surface area (Å²) in [5.41, 5.74) is 1.31. The van der Waals surface area contributed by atoms with Crippen LogP contribution in [-0.2, 0) is 4.79 Å². The molecule has 0 unspecified atom stereocenters. The van der Waals surface area contributed by atoms with Crippen molar-refractivity contribution < 1.29 is 19.4 Å². The predicted octanol–water partition coefficient (Wildman–Crippen LogP) is 3.59. The lowest BCUT2D eigenvalue weighted by atomic mass is 10.1. The van der Waals surface area contributed by atoms with Gasteiger partial charge < -0.3 is 14.6 Å². The Labute approximate surface area is 167 Å². The van der Waals surface area contributed by atoms with Gasteiger partial charge in [-0.2, -0.15) is 0 Å². The summed E-state index contributed by atoms with van der Waals surface area (Å²) in [6.07, 6.45) is 6.64. The number of rotatable bonds is 6. The number of methoxy groups -OCH3 is 2. The van der Waals surface area contributed by atoms with Crippen LogP contribution in [0, 0.1) is 0 Å². The first kappa shape index (κ1) is 19.5. The van der Waals surface area contributed by atoms with Crippen molar-refractivity contribution in [1.82, 2.24) is 9.88 Å². The zero-order valence-electron chi connectivity index (χ0n) is 15.5. The van der Waals surface area contributed by atoms with Gasteiger partial charge in [-0.05, 0) is 47.7 Å². The van der Waals surface area contributed by atoms with Gasteiger partial charge in [0.1, 0.15) is 0 Å². The summed E-state index contributed by atoms with van der Waals surface area (Å²) in [4.78, 5) is 23.5. The van der Waals surface area contributed by atoms with Crippen molar-refractivity contribution in [2.24, 2.45) is 4.99 Å². The molecule has 28 heavy (non-hydrogen) atoms. The Morgan fingerprint density at radius 2 is 2.04 bits per heavy atom. The van der Waals surface area contributed by atoms with Crippen LogP contribution in [0.3, 0.4) is 0 Å². The highest BCUT2D eigenvalue weighted by Gasteiger charge is 2.32. The van der Waals surface area contributed by atoms with E-state index in [4.69, 9.17) is 9.47 Å². The number of phenolic OH excluding ortho intramolecular Hbond substituents is 1. The average Bonchev–Trinajstić information content (AvgIpc) is 2.99. The Kier molecular flexibility index (Phi) is 6.00. The van der Waals surface area contributed by atoms with Crippen LogP contribution in [0.2, 0.25) is 0 Å². The van der Waals surface area contributed by atoms with Crippen molar-refractivity contribution in [3.8, 4) is 17.2 Å². The van der Waals surface area contributed by atoms with Gasteiger partial charge in [0.15, 0.2) is 16.7 Å². The molecule has 1 aromatic carbocycles. The summed E-state index contributed by atoms with van der Waals surface area (Å²) in [7, 11) is 2.90. The molecule has 2 heterocycles. The number of ether oxygens (including phenoxy) is 2. The molecule has 144 valence electrons. The van der Waals surface area contributed by atoms with E-state index in [2.05, 4.69) is 16.6 Å². The number of aromatic hydroxyl groups is 1. The number of pyridine rings is 1. The lowest BCUT2D eigenvalue weighted by Crippen LogP contribution is -2.29. The lowest BCUT2D eigenvalue weighted by molar-refractivity contribution is -0.121. The topological polar surface area (TPSA) is 84.2 Å². The molecule has 1 aromatic heterocycles. The highest BCUT2D eigenvalue weighted by atomic mass is 32.2. The highest BCUT2D eigenvalue weighted by Crippen LogP contribution is 2.39.